The molecule has 0 aliphatic heterocycles. The molecule has 1 rings (SSSR count). The standard InChI is InChI=1S/C8HF13O/c9-3(10)1(5(13,14)15)2(22)4(11,12)7(17,18)6(3,16)8(19,20)21/h22H/p-1. The number of allylic oxidation sites excluding steroid dienone is 2. The molecule has 0 saturated carbocycles. The van der Waals surface area contributed by atoms with Crippen molar-refractivity contribution in [1.29, 1.82) is 0 Å². The van der Waals surface area contributed by atoms with E-state index in [0.29, 0.717) is 0 Å². The van der Waals surface area contributed by atoms with E-state index in [1.807, 2.05) is 0 Å². The van der Waals surface area contributed by atoms with Crippen LogP contribution in [0.15, 0.2) is 11.3 Å². The third kappa shape index (κ3) is 1.81. The highest BCUT2D eigenvalue weighted by atomic mass is 19.4. The van der Waals surface area contributed by atoms with Crippen LogP contribution in [0.5, 0.6) is 0 Å². The van der Waals surface area contributed by atoms with Gasteiger partial charge < -0.3 is 5.11 Å². The van der Waals surface area contributed by atoms with Crippen molar-refractivity contribution in [3.63, 3.8) is 0 Å². The summed E-state index contributed by atoms with van der Waals surface area (Å²) in [6.45, 7) is 0. The Bertz CT molecular complexity index is 509. The molecule has 1 atom stereocenters. The van der Waals surface area contributed by atoms with Gasteiger partial charge in [-0.3, -0.25) is 0 Å². The minimum Gasteiger partial charge on any atom is -0.871 e. The molecule has 0 spiro atoms. The molecular weight excluding hydrogens is 359 g/mol. The summed E-state index contributed by atoms with van der Waals surface area (Å²) >= 11 is 0. The van der Waals surface area contributed by atoms with Crippen molar-refractivity contribution in [3.05, 3.63) is 11.3 Å². The molecule has 1 unspecified atom stereocenters. The molecule has 0 radical (unpaired) electrons. The van der Waals surface area contributed by atoms with Crippen LogP contribution in [0.25, 0.3) is 0 Å². The van der Waals surface area contributed by atoms with E-state index in [1.165, 1.54) is 0 Å². The van der Waals surface area contributed by atoms with Crippen molar-refractivity contribution in [2.24, 2.45) is 0 Å². The number of hydrogen-bond acceptors (Lipinski definition) is 1. The average molecular weight is 359 g/mol. The molecule has 0 aromatic carbocycles. The SMILES string of the molecule is [O-]C1=C(C(F)(F)F)C(F)(F)C(F)(C(F)(F)F)C(F)(F)C1(F)F. The average Bonchev–Trinajstić information content (AvgIpc) is 2.21. The predicted molar refractivity (Wildman–Crippen MR) is 37.8 cm³/mol. The fraction of sp³-hybridized carbons (Fsp3) is 0.750. The summed E-state index contributed by atoms with van der Waals surface area (Å²) < 4.78 is 164. The Morgan fingerprint density at radius 3 is 1.32 bits per heavy atom. The van der Waals surface area contributed by atoms with Crippen LogP contribution < -0.4 is 5.11 Å². The summed E-state index contributed by atoms with van der Waals surface area (Å²) in [6, 6.07) is 0. The van der Waals surface area contributed by atoms with E-state index in [9.17, 15) is 62.2 Å². The molecule has 0 bridgehead atoms. The van der Waals surface area contributed by atoms with Gasteiger partial charge in [0.1, 0.15) is 0 Å². The molecule has 0 saturated heterocycles. The number of hydrogen-bond donors (Lipinski definition) is 0. The van der Waals surface area contributed by atoms with Gasteiger partial charge in [0.25, 0.3) is 0 Å². The summed E-state index contributed by atoms with van der Waals surface area (Å²) in [5.74, 6) is -26.1. The van der Waals surface area contributed by atoms with Gasteiger partial charge in [-0.1, -0.05) is 0 Å². The normalized spacial score (nSPS) is 31.3. The van der Waals surface area contributed by atoms with Gasteiger partial charge in [-0.05, 0) is 5.76 Å². The molecule has 0 aromatic heterocycles. The summed E-state index contributed by atoms with van der Waals surface area (Å²) in [7, 11) is 0. The van der Waals surface area contributed by atoms with Crippen LogP contribution in [0.2, 0.25) is 0 Å². The lowest BCUT2D eigenvalue weighted by Crippen LogP contribution is -2.76. The van der Waals surface area contributed by atoms with Crippen molar-refractivity contribution in [2.75, 3.05) is 0 Å². The third-order valence-corrected chi connectivity index (χ3v) is 2.76. The highest BCUT2D eigenvalue weighted by molar-refractivity contribution is 5.40. The lowest BCUT2D eigenvalue weighted by Gasteiger charge is -2.50. The molecule has 0 fully saturated rings. The van der Waals surface area contributed by atoms with Gasteiger partial charge in [0.2, 0.25) is 0 Å². The fourth-order valence-electron chi connectivity index (χ4n) is 1.69. The quantitative estimate of drug-likeness (QED) is 0.609. The summed E-state index contributed by atoms with van der Waals surface area (Å²) in [6.07, 6.45) is -14.5. The number of alkyl halides is 13. The second-order valence-corrected chi connectivity index (χ2v) is 4.08. The maximum absolute atomic E-state index is 13.3. The Morgan fingerprint density at radius 2 is 1.05 bits per heavy atom. The van der Waals surface area contributed by atoms with Crippen molar-refractivity contribution in [1.82, 2.24) is 0 Å². The first-order valence-electron chi connectivity index (χ1n) is 4.66. The van der Waals surface area contributed by atoms with E-state index in [0.717, 1.165) is 0 Å². The molecule has 1 nitrogen and oxygen atoms in total. The van der Waals surface area contributed by atoms with Crippen LogP contribution in [0.1, 0.15) is 0 Å². The molecule has 1 aliphatic carbocycles. The highest BCUT2D eigenvalue weighted by Crippen LogP contribution is 2.66. The molecule has 130 valence electrons. The van der Waals surface area contributed by atoms with Gasteiger partial charge in [0.15, 0.2) is 0 Å². The lowest BCUT2D eigenvalue weighted by molar-refractivity contribution is -0.444. The van der Waals surface area contributed by atoms with Crippen LogP contribution >= 0.6 is 0 Å². The fourth-order valence-corrected chi connectivity index (χ4v) is 1.69. The van der Waals surface area contributed by atoms with Crippen LogP contribution in [-0.4, -0.2) is 35.8 Å². The zero-order valence-electron chi connectivity index (χ0n) is 9.32. The van der Waals surface area contributed by atoms with Crippen molar-refractivity contribution in [3.8, 4) is 0 Å². The van der Waals surface area contributed by atoms with Gasteiger partial charge in [0, 0.05) is 0 Å². The zero-order valence-corrected chi connectivity index (χ0v) is 9.32. The Balaban J connectivity index is 4.02. The van der Waals surface area contributed by atoms with Crippen LogP contribution in [0.3, 0.4) is 0 Å². The summed E-state index contributed by atoms with van der Waals surface area (Å²) in [5.41, 5.74) is -12.2. The zero-order chi connectivity index (χ0) is 18.2. The first-order chi connectivity index (χ1) is 9.28. The van der Waals surface area contributed by atoms with Crippen LogP contribution in [-0.2, 0) is 0 Å². The molecular formula is C8F13O-. The van der Waals surface area contributed by atoms with Crippen molar-refractivity contribution in [2.45, 2.75) is 35.8 Å². The minimum atomic E-state index is -7.64. The molecule has 1 aliphatic rings. The van der Waals surface area contributed by atoms with E-state index in [4.69, 9.17) is 0 Å². The first-order valence-corrected chi connectivity index (χ1v) is 4.66. The highest BCUT2D eigenvalue weighted by Gasteiger charge is 2.93. The molecule has 22 heavy (non-hydrogen) atoms. The van der Waals surface area contributed by atoms with E-state index >= 15 is 0 Å². The Kier molecular flexibility index (Phi) is 3.50. The molecule has 0 aromatic rings. The van der Waals surface area contributed by atoms with E-state index in [-0.39, 0.29) is 0 Å². The number of halogens is 13. The van der Waals surface area contributed by atoms with E-state index < -0.39 is 47.1 Å². The van der Waals surface area contributed by atoms with E-state index in [2.05, 4.69) is 0 Å². The smallest absolute Gasteiger partial charge is 0.435 e. The maximum Gasteiger partial charge on any atom is 0.435 e. The Morgan fingerprint density at radius 1 is 0.682 bits per heavy atom. The van der Waals surface area contributed by atoms with Gasteiger partial charge in [-0.2, -0.15) is 52.7 Å². The first kappa shape index (κ1) is 18.7. The van der Waals surface area contributed by atoms with Gasteiger partial charge in [0.05, 0.1) is 5.57 Å². The molecule has 0 heterocycles. The van der Waals surface area contributed by atoms with Crippen LogP contribution in [0, 0.1) is 0 Å². The van der Waals surface area contributed by atoms with Crippen molar-refractivity contribution < 1.29 is 62.2 Å². The van der Waals surface area contributed by atoms with Gasteiger partial charge in [-0.25, -0.2) is 4.39 Å². The van der Waals surface area contributed by atoms with Gasteiger partial charge in [-0.15, -0.1) is 0 Å². The minimum absolute atomic E-state index is 4.34. The number of rotatable bonds is 0. The monoisotopic (exact) mass is 359 g/mol. The maximum atomic E-state index is 13.3. The molecule has 0 amide bonds. The largest absolute Gasteiger partial charge is 0.871 e. The summed E-state index contributed by atoms with van der Waals surface area (Å²) in [4.78, 5) is 0. The third-order valence-electron chi connectivity index (χ3n) is 2.76. The summed E-state index contributed by atoms with van der Waals surface area (Å²) in [5, 5.41) is 10.5. The van der Waals surface area contributed by atoms with Gasteiger partial charge >= 0.3 is 35.8 Å². The predicted octanol–water partition coefficient (Wildman–Crippen LogP) is 3.35. The van der Waals surface area contributed by atoms with E-state index in [1.54, 1.807) is 0 Å². The lowest BCUT2D eigenvalue weighted by atomic mass is 9.75. The second kappa shape index (κ2) is 4.13. The molecule has 14 heteroatoms. The second-order valence-electron chi connectivity index (χ2n) is 4.08. The van der Waals surface area contributed by atoms with Crippen LogP contribution in [0.4, 0.5) is 57.1 Å². The Hall–Kier alpha value is -1.37. The topological polar surface area (TPSA) is 23.1 Å². The Labute approximate surface area is 111 Å². The van der Waals surface area contributed by atoms with Crippen molar-refractivity contribution >= 4 is 0 Å². The molecule has 0 N–H and O–H groups in total.